The van der Waals surface area contributed by atoms with Crippen molar-refractivity contribution in [3.05, 3.63) is 137 Å². The van der Waals surface area contributed by atoms with Crippen LogP contribution < -0.4 is 10.6 Å². The molecule has 0 aliphatic rings. The maximum atomic E-state index is 12.0. The molecule has 10 heteroatoms. The summed E-state index contributed by atoms with van der Waals surface area (Å²) >= 11 is 0. The van der Waals surface area contributed by atoms with Gasteiger partial charge in [-0.25, -0.2) is 8.42 Å². The summed E-state index contributed by atoms with van der Waals surface area (Å²) in [5, 5.41) is 14.4. The third-order valence-corrected chi connectivity index (χ3v) is 7.41. The van der Waals surface area contributed by atoms with E-state index in [1.165, 1.54) is 24.7 Å². The van der Waals surface area contributed by atoms with E-state index in [2.05, 4.69) is 10.6 Å². The summed E-state index contributed by atoms with van der Waals surface area (Å²) in [4.78, 5) is 23.0. The summed E-state index contributed by atoms with van der Waals surface area (Å²) in [6.45, 7) is 4.33. The molecule has 0 bridgehead atoms. The third kappa shape index (κ3) is 12.4. The molecular weight excluding hydrogens is 588 g/mol. The van der Waals surface area contributed by atoms with Crippen molar-refractivity contribution in [3.63, 3.8) is 0 Å². The van der Waals surface area contributed by atoms with Crippen LogP contribution in [0, 0.1) is 13.8 Å². The smallest absolute Gasteiger partial charge is 0.261 e. The predicted molar refractivity (Wildman–Crippen MR) is 169 cm³/mol. The molecule has 2 amide bonds. The van der Waals surface area contributed by atoms with Crippen LogP contribution in [0.4, 0.5) is 0 Å². The summed E-state index contributed by atoms with van der Waals surface area (Å²) in [5.74, 6) is -0.524. The van der Waals surface area contributed by atoms with E-state index in [9.17, 15) is 23.1 Å². The highest BCUT2D eigenvalue weighted by Crippen LogP contribution is 2.19. The number of rotatable bonds is 8. The van der Waals surface area contributed by atoms with Gasteiger partial charge in [0.15, 0.2) is 12.2 Å². The second-order valence-corrected chi connectivity index (χ2v) is 11.9. The van der Waals surface area contributed by atoms with Crippen LogP contribution in [-0.4, -0.2) is 39.4 Å². The molecule has 0 unspecified atom stereocenters. The van der Waals surface area contributed by atoms with Crippen molar-refractivity contribution in [2.45, 2.75) is 37.6 Å². The highest BCUT2D eigenvalue weighted by molar-refractivity contribution is 8.13. The molecule has 0 aliphatic carbocycles. The fourth-order valence-electron chi connectivity index (χ4n) is 3.57. The van der Waals surface area contributed by atoms with Gasteiger partial charge in [0.05, 0.1) is 11.5 Å². The minimum absolute atomic E-state index is 0.136. The number of amides is 2. The molecule has 0 fully saturated rings. The number of carbonyl (C=O) groups excluding carboxylic acids is 2. The van der Waals surface area contributed by atoms with Gasteiger partial charge in [-0.3, -0.25) is 9.59 Å². The fraction of sp³-hybridized carbons (Fsp3) is 0.212. The van der Waals surface area contributed by atoms with Crippen LogP contribution in [0.15, 0.2) is 114 Å². The van der Waals surface area contributed by atoms with Gasteiger partial charge in [0.1, 0.15) is 0 Å². The summed E-state index contributed by atoms with van der Waals surface area (Å²) < 4.78 is 27.2. The highest BCUT2D eigenvalue weighted by atomic mass is 35.7. The average Bonchev–Trinajstić information content (AvgIpc) is 3.02. The van der Waals surface area contributed by atoms with Gasteiger partial charge in [-0.2, -0.15) is 0 Å². The molecule has 0 aliphatic heterocycles. The first kappa shape index (κ1) is 35.2. The van der Waals surface area contributed by atoms with E-state index in [0.29, 0.717) is 12.2 Å². The Morgan fingerprint density at radius 1 is 0.721 bits per heavy atom. The van der Waals surface area contributed by atoms with E-state index in [1.807, 2.05) is 74.5 Å². The number of likely N-dealkylation sites (N-methyl/N-ethyl adjacent to an activating group) is 2. The zero-order valence-electron chi connectivity index (χ0n) is 24.5. The second-order valence-electron chi connectivity index (χ2n) is 9.38. The van der Waals surface area contributed by atoms with Gasteiger partial charge in [0, 0.05) is 24.8 Å². The number of halogens is 1. The Morgan fingerprint density at radius 3 is 1.60 bits per heavy atom. The molecule has 4 aromatic carbocycles. The highest BCUT2D eigenvalue weighted by Gasteiger charge is 2.20. The van der Waals surface area contributed by atoms with Crippen molar-refractivity contribution in [2.24, 2.45) is 0 Å². The Kier molecular flexibility index (Phi) is 14.6. The van der Waals surface area contributed by atoms with Crippen molar-refractivity contribution in [2.75, 3.05) is 14.1 Å². The van der Waals surface area contributed by atoms with E-state index >= 15 is 0 Å². The Bertz CT molecular complexity index is 1520. The van der Waals surface area contributed by atoms with Crippen LogP contribution in [0.1, 0.15) is 40.0 Å². The molecule has 0 radical (unpaired) electrons. The summed E-state index contributed by atoms with van der Waals surface area (Å²) in [6.07, 6.45) is -1.64. The molecule has 4 aromatic rings. The van der Waals surface area contributed by atoms with Crippen LogP contribution in [0.25, 0.3) is 0 Å². The first-order chi connectivity index (χ1) is 20.5. The zero-order chi connectivity index (χ0) is 31.8. The monoisotopic (exact) mass is 624 g/mol. The molecule has 0 heterocycles. The first-order valence-electron chi connectivity index (χ1n) is 13.4. The largest absolute Gasteiger partial charge is 0.378 e. The van der Waals surface area contributed by atoms with E-state index in [-0.39, 0.29) is 16.7 Å². The molecule has 0 spiro atoms. The molecule has 0 saturated carbocycles. The number of aliphatic hydroxyl groups excluding tert-OH is 1. The number of ether oxygens (including phenoxy) is 1. The SMILES string of the molecule is CNC(=O)[C@@H](O)c1ccccc1.CNC(=O)[C@@H](OCc1ccc(C)cc1)c1ccccc1.Cc1ccc(S(=O)(=O)Cl)cc1. The van der Waals surface area contributed by atoms with Crippen LogP contribution in [-0.2, 0) is 30.0 Å². The van der Waals surface area contributed by atoms with Gasteiger partial charge in [-0.15, -0.1) is 0 Å². The third-order valence-electron chi connectivity index (χ3n) is 6.04. The fourth-order valence-corrected chi connectivity index (χ4v) is 4.34. The van der Waals surface area contributed by atoms with Crippen molar-refractivity contribution in [1.82, 2.24) is 10.6 Å². The normalized spacial score (nSPS) is 11.9. The number of hydrogen-bond acceptors (Lipinski definition) is 6. The average molecular weight is 625 g/mol. The van der Waals surface area contributed by atoms with Crippen LogP contribution in [0.2, 0.25) is 0 Å². The topological polar surface area (TPSA) is 122 Å². The number of carbonyl (C=O) groups is 2. The lowest BCUT2D eigenvalue weighted by molar-refractivity contribution is -0.133. The molecular formula is C33H37ClN2O6S. The summed E-state index contributed by atoms with van der Waals surface area (Å²) in [7, 11) is 4.65. The molecule has 8 nitrogen and oxygen atoms in total. The maximum absolute atomic E-state index is 12.0. The summed E-state index contributed by atoms with van der Waals surface area (Å²) in [5.41, 5.74) is 4.74. The molecule has 0 aromatic heterocycles. The molecule has 43 heavy (non-hydrogen) atoms. The van der Waals surface area contributed by atoms with Crippen molar-refractivity contribution in [1.29, 1.82) is 0 Å². The van der Waals surface area contributed by atoms with Gasteiger partial charge >= 0.3 is 0 Å². The van der Waals surface area contributed by atoms with Crippen molar-refractivity contribution < 1.29 is 27.9 Å². The van der Waals surface area contributed by atoms with Gasteiger partial charge in [0.25, 0.3) is 20.9 Å². The second kappa shape index (κ2) is 17.8. The van der Waals surface area contributed by atoms with Gasteiger partial charge < -0.3 is 20.5 Å². The lowest BCUT2D eigenvalue weighted by Gasteiger charge is -2.17. The number of hydrogen-bond donors (Lipinski definition) is 3. The zero-order valence-corrected chi connectivity index (χ0v) is 26.1. The van der Waals surface area contributed by atoms with Crippen LogP contribution >= 0.6 is 10.7 Å². The Balaban J connectivity index is 0.000000241. The van der Waals surface area contributed by atoms with E-state index in [4.69, 9.17) is 15.4 Å². The molecule has 3 N–H and O–H groups in total. The molecule has 0 saturated heterocycles. The number of nitrogens with one attached hydrogen (secondary N) is 2. The molecule has 4 rings (SSSR count). The minimum atomic E-state index is -3.55. The standard InChI is InChI=1S/C17H19NO2.C9H11NO2.C7H7ClO2S/c1-13-8-10-14(11-9-13)12-20-16(17(19)18-2)15-6-4-3-5-7-15;1-10-9(12)8(11)7-5-3-2-4-6-7;1-6-2-4-7(5-3-6)11(8,9)10/h3-11,16H,12H2,1-2H3,(H,18,19);2-6,8,11H,1H3,(H,10,12);2-5H,1H3/t16-;8-;/m00./s1. The lowest BCUT2D eigenvalue weighted by Crippen LogP contribution is -2.27. The molecule has 2 atom stereocenters. The summed E-state index contributed by atoms with van der Waals surface area (Å²) in [6, 6.07) is 32.8. The van der Waals surface area contributed by atoms with E-state index in [0.717, 1.165) is 16.7 Å². The first-order valence-corrected chi connectivity index (χ1v) is 15.7. The Morgan fingerprint density at radius 2 is 1.16 bits per heavy atom. The van der Waals surface area contributed by atoms with Gasteiger partial charge in [-0.05, 0) is 42.7 Å². The molecule has 228 valence electrons. The minimum Gasteiger partial charge on any atom is -0.378 e. The van der Waals surface area contributed by atoms with Gasteiger partial charge in [-0.1, -0.05) is 108 Å². The quantitative estimate of drug-likeness (QED) is 0.226. The number of benzene rings is 4. The van der Waals surface area contributed by atoms with E-state index in [1.54, 1.807) is 43.4 Å². The Hall–Kier alpha value is -4.02. The Labute approximate surface area is 258 Å². The van der Waals surface area contributed by atoms with Crippen LogP contribution in [0.3, 0.4) is 0 Å². The lowest BCUT2D eigenvalue weighted by atomic mass is 10.1. The number of aryl methyl sites for hydroxylation is 2. The van der Waals surface area contributed by atoms with E-state index < -0.39 is 21.3 Å². The predicted octanol–water partition coefficient (Wildman–Crippen LogP) is 5.39. The van der Waals surface area contributed by atoms with Gasteiger partial charge in [0.2, 0.25) is 0 Å². The maximum Gasteiger partial charge on any atom is 0.261 e. The van der Waals surface area contributed by atoms with Crippen molar-refractivity contribution in [3.8, 4) is 0 Å². The number of aliphatic hydroxyl groups is 1. The van der Waals surface area contributed by atoms with Crippen molar-refractivity contribution >= 4 is 31.5 Å². The van der Waals surface area contributed by atoms with Crippen LogP contribution in [0.5, 0.6) is 0 Å².